The van der Waals surface area contributed by atoms with E-state index in [-0.39, 0.29) is 16.8 Å². The predicted molar refractivity (Wildman–Crippen MR) is 74.2 cm³/mol. The number of hydrogen-bond acceptors (Lipinski definition) is 1. The summed E-state index contributed by atoms with van der Waals surface area (Å²) < 4.78 is 13.5. The maximum atomic E-state index is 13.1. The fourth-order valence-electron chi connectivity index (χ4n) is 1.92. The van der Waals surface area contributed by atoms with Gasteiger partial charge in [0.25, 0.3) is 0 Å². The van der Waals surface area contributed by atoms with Crippen molar-refractivity contribution in [3.8, 4) is 0 Å². The highest BCUT2D eigenvalue weighted by Crippen LogP contribution is 2.32. The average Bonchev–Trinajstić information content (AvgIpc) is 2.34. The number of carbonyl (C=O) groups excluding carboxylic acids is 1. The highest BCUT2D eigenvalue weighted by Gasteiger charge is 2.20. The van der Waals surface area contributed by atoms with Crippen LogP contribution in [0.2, 0.25) is 5.02 Å². The number of carbonyl (C=O) groups is 1. The van der Waals surface area contributed by atoms with Crippen LogP contribution in [0.3, 0.4) is 0 Å². The molecule has 0 radical (unpaired) electrons. The number of halogens is 3. The van der Waals surface area contributed by atoms with Gasteiger partial charge in [-0.25, -0.2) is 4.39 Å². The van der Waals surface area contributed by atoms with Gasteiger partial charge in [-0.2, -0.15) is 0 Å². The van der Waals surface area contributed by atoms with Gasteiger partial charge in [-0.05, 0) is 47.3 Å². The summed E-state index contributed by atoms with van der Waals surface area (Å²) in [5.41, 5.74) is 0.428. The molecule has 0 aromatic heterocycles. The number of benzene rings is 1. The first-order chi connectivity index (χ1) is 8.58. The quantitative estimate of drug-likeness (QED) is 0.792. The molecule has 2 nitrogen and oxygen atoms in total. The topological polar surface area (TPSA) is 29.1 Å². The van der Waals surface area contributed by atoms with Crippen LogP contribution >= 0.6 is 27.5 Å². The molecule has 0 spiro atoms. The largest absolute Gasteiger partial charge is 0.324 e. The molecule has 1 amide bonds. The van der Waals surface area contributed by atoms with E-state index in [0.29, 0.717) is 10.2 Å². The third-order valence-electron chi connectivity index (χ3n) is 2.89. The summed E-state index contributed by atoms with van der Waals surface area (Å²) in [5.74, 6) is -0.554. The summed E-state index contributed by atoms with van der Waals surface area (Å²) >= 11 is 9.12. The summed E-state index contributed by atoms with van der Waals surface area (Å²) in [5, 5.41) is 2.95. The van der Waals surface area contributed by atoms with Gasteiger partial charge in [-0.3, -0.25) is 4.79 Å². The van der Waals surface area contributed by atoms with Crippen LogP contribution in [0, 0.1) is 11.7 Å². The van der Waals surface area contributed by atoms with Gasteiger partial charge in [0.2, 0.25) is 5.91 Å². The number of amides is 1. The number of nitrogens with one attached hydrogen (secondary N) is 1. The second-order valence-electron chi connectivity index (χ2n) is 4.22. The van der Waals surface area contributed by atoms with Crippen LogP contribution in [-0.4, -0.2) is 5.91 Å². The summed E-state index contributed by atoms with van der Waals surface area (Å²) in [4.78, 5) is 12.0. The van der Waals surface area contributed by atoms with Gasteiger partial charge in [-0.15, -0.1) is 0 Å². The van der Waals surface area contributed by atoms with Crippen molar-refractivity contribution in [2.75, 3.05) is 5.32 Å². The van der Waals surface area contributed by atoms with Gasteiger partial charge in [0.15, 0.2) is 0 Å². The van der Waals surface area contributed by atoms with Gasteiger partial charge in [0, 0.05) is 10.4 Å². The number of allylic oxidation sites excluding steroid dienone is 2. The Labute approximate surface area is 118 Å². The molecule has 0 fully saturated rings. The molecule has 0 saturated carbocycles. The molecule has 2 rings (SSSR count). The highest BCUT2D eigenvalue weighted by atomic mass is 79.9. The molecule has 5 heteroatoms. The monoisotopic (exact) mass is 331 g/mol. The van der Waals surface area contributed by atoms with Gasteiger partial charge < -0.3 is 5.32 Å². The lowest BCUT2D eigenvalue weighted by molar-refractivity contribution is -0.120. The summed E-state index contributed by atoms with van der Waals surface area (Å²) in [6, 6.07) is 2.46. The SMILES string of the molecule is O=C(Nc1c(Cl)cc(F)cc1Br)C1CC=CCC1. The second-order valence-corrected chi connectivity index (χ2v) is 5.48. The van der Waals surface area contributed by atoms with E-state index in [0.717, 1.165) is 19.3 Å². The first-order valence-corrected chi connectivity index (χ1v) is 6.85. The third-order valence-corrected chi connectivity index (χ3v) is 3.82. The van der Waals surface area contributed by atoms with Gasteiger partial charge in [0.1, 0.15) is 5.82 Å². The fourth-order valence-corrected chi connectivity index (χ4v) is 2.82. The molecule has 18 heavy (non-hydrogen) atoms. The molecule has 0 saturated heterocycles. The molecule has 0 heterocycles. The molecule has 1 aromatic carbocycles. The molecule has 1 aromatic rings. The van der Waals surface area contributed by atoms with Crippen molar-refractivity contribution in [3.05, 3.63) is 39.6 Å². The molecule has 0 aliphatic heterocycles. The molecular formula is C13H12BrClFNO. The zero-order chi connectivity index (χ0) is 13.1. The second kappa shape index (κ2) is 5.85. The van der Waals surface area contributed by atoms with Gasteiger partial charge >= 0.3 is 0 Å². The smallest absolute Gasteiger partial charge is 0.227 e. The first-order valence-electron chi connectivity index (χ1n) is 5.68. The summed E-state index contributed by atoms with van der Waals surface area (Å²) in [6.45, 7) is 0. The number of hydrogen-bond donors (Lipinski definition) is 1. The Balaban J connectivity index is 2.14. The zero-order valence-electron chi connectivity index (χ0n) is 9.55. The van der Waals surface area contributed by atoms with Gasteiger partial charge in [-0.1, -0.05) is 23.8 Å². The van der Waals surface area contributed by atoms with Crippen LogP contribution in [0.15, 0.2) is 28.8 Å². The van der Waals surface area contributed by atoms with Crippen LogP contribution in [-0.2, 0) is 4.79 Å². The van der Waals surface area contributed by atoms with Crippen molar-refractivity contribution in [3.63, 3.8) is 0 Å². The van der Waals surface area contributed by atoms with E-state index < -0.39 is 5.82 Å². The van der Waals surface area contributed by atoms with Crippen molar-refractivity contribution in [2.24, 2.45) is 5.92 Å². The van der Waals surface area contributed by atoms with E-state index in [2.05, 4.69) is 27.3 Å². The van der Waals surface area contributed by atoms with E-state index in [1.54, 1.807) is 0 Å². The molecular weight excluding hydrogens is 321 g/mol. The van der Waals surface area contributed by atoms with Crippen LogP contribution < -0.4 is 5.32 Å². The van der Waals surface area contributed by atoms with Crippen LogP contribution in [0.5, 0.6) is 0 Å². The Kier molecular flexibility index (Phi) is 4.40. The summed E-state index contributed by atoms with van der Waals surface area (Å²) in [6.07, 6.45) is 6.57. The summed E-state index contributed by atoms with van der Waals surface area (Å²) in [7, 11) is 0. The lowest BCUT2D eigenvalue weighted by Gasteiger charge is -2.18. The minimum Gasteiger partial charge on any atom is -0.324 e. The lowest BCUT2D eigenvalue weighted by Crippen LogP contribution is -2.23. The van der Waals surface area contributed by atoms with Crippen molar-refractivity contribution in [1.29, 1.82) is 0 Å². The molecule has 1 aliphatic carbocycles. The van der Waals surface area contributed by atoms with E-state index >= 15 is 0 Å². The molecule has 1 unspecified atom stereocenters. The lowest BCUT2D eigenvalue weighted by atomic mass is 9.93. The van der Waals surface area contributed by atoms with Crippen molar-refractivity contribution in [2.45, 2.75) is 19.3 Å². The van der Waals surface area contributed by atoms with Crippen LogP contribution in [0.25, 0.3) is 0 Å². The molecule has 1 N–H and O–H groups in total. The Morgan fingerprint density at radius 3 is 2.83 bits per heavy atom. The minimum absolute atomic E-state index is 0.0389. The van der Waals surface area contributed by atoms with Crippen LogP contribution in [0.1, 0.15) is 19.3 Å². The Morgan fingerprint density at radius 1 is 1.44 bits per heavy atom. The Bertz CT molecular complexity index is 481. The van der Waals surface area contributed by atoms with Crippen LogP contribution in [0.4, 0.5) is 10.1 Å². The van der Waals surface area contributed by atoms with E-state index in [1.807, 2.05) is 6.08 Å². The third kappa shape index (κ3) is 3.12. The molecule has 1 atom stereocenters. The van der Waals surface area contributed by atoms with Crippen molar-refractivity contribution < 1.29 is 9.18 Å². The molecule has 96 valence electrons. The predicted octanol–water partition coefficient (Wildman–Crippen LogP) is 4.54. The maximum Gasteiger partial charge on any atom is 0.227 e. The first kappa shape index (κ1) is 13.6. The van der Waals surface area contributed by atoms with Crippen molar-refractivity contribution >= 4 is 39.1 Å². The average molecular weight is 333 g/mol. The number of anilines is 1. The minimum atomic E-state index is -0.439. The van der Waals surface area contributed by atoms with E-state index in [4.69, 9.17) is 11.6 Å². The zero-order valence-corrected chi connectivity index (χ0v) is 11.9. The standard InChI is InChI=1S/C13H12BrClFNO/c14-10-6-9(16)7-11(15)12(10)17-13(18)8-4-2-1-3-5-8/h1-2,6-8H,3-5H2,(H,17,18). The van der Waals surface area contributed by atoms with E-state index in [1.165, 1.54) is 12.1 Å². The number of rotatable bonds is 2. The van der Waals surface area contributed by atoms with Crippen molar-refractivity contribution in [1.82, 2.24) is 0 Å². The molecule has 0 bridgehead atoms. The fraction of sp³-hybridized carbons (Fsp3) is 0.308. The Morgan fingerprint density at radius 2 is 2.22 bits per heavy atom. The van der Waals surface area contributed by atoms with Gasteiger partial charge in [0.05, 0.1) is 10.7 Å². The van der Waals surface area contributed by atoms with E-state index in [9.17, 15) is 9.18 Å². The highest BCUT2D eigenvalue weighted by molar-refractivity contribution is 9.10. The maximum absolute atomic E-state index is 13.1. The Hall–Kier alpha value is -0.870. The normalized spacial score (nSPS) is 18.7. The molecule has 1 aliphatic rings.